The van der Waals surface area contributed by atoms with Crippen molar-refractivity contribution in [2.24, 2.45) is 0 Å². The van der Waals surface area contributed by atoms with Gasteiger partial charge in [-0.05, 0) is 45.9 Å². The van der Waals surface area contributed by atoms with Crippen molar-refractivity contribution in [2.75, 3.05) is 53.4 Å². The summed E-state index contributed by atoms with van der Waals surface area (Å²) in [6.45, 7) is 10.2. The monoisotopic (exact) mass is 285 g/mol. The van der Waals surface area contributed by atoms with E-state index in [0.29, 0.717) is 0 Å². The van der Waals surface area contributed by atoms with Crippen molar-refractivity contribution < 1.29 is 9.53 Å². The number of nitrogens with one attached hydrogen (secondary N) is 1. The van der Waals surface area contributed by atoms with E-state index in [1.165, 1.54) is 7.11 Å². The van der Waals surface area contributed by atoms with Gasteiger partial charge in [0.15, 0.2) is 0 Å². The third-order valence-electron chi connectivity index (χ3n) is 4.43. The smallest absolute Gasteiger partial charge is 0.326 e. The fourth-order valence-corrected chi connectivity index (χ4v) is 2.91. The Bertz CT molecular complexity index is 295. The summed E-state index contributed by atoms with van der Waals surface area (Å²) in [7, 11) is 3.61. The van der Waals surface area contributed by atoms with Crippen molar-refractivity contribution in [3.05, 3.63) is 0 Å². The third kappa shape index (κ3) is 4.72. The molecule has 118 valence electrons. The molecule has 1 rings (SSSR count). The Labute approximate surface area is 123 Å². The molecule has 0 aromatic carbocycles. The van der Waals surface area contributed by atoms with Crippen LogP contribution >= 0.6 is 0 Å². The lowest BCUT2D eigenvalue weighted by Gasteiger charge is -2.32. The predicted molar refractivity (Wildman–Crippen MR) is 81.9 cm³/mol. The van der Waals surface area contributed by atoms with Gasteiger partial charge < -0.3 is 19.9 Å². The zero-order chi connectivity index (χ0) is 15.0. The second-order valence-corrected chi connectivity index (χ2v) is 5.68. The Morgan fingerprint density at radius 1 is 1.30 bits per heavy atom. The van der Waals surface area contributed by atoms with Crippen LogP contribution in [0.2, 0.25) is 0 Å². The topological polar surface area (TPSA) is 44.8 Å². The molecule has 1 aliphatic heterocycles. The number of likely N-dealkylation sites (N-methyl/N-ethyl adjacent to an activating group) is 1. The van der Waals surface area contributed by atoms with Crippen LogP contribution < -0.4 is 5.32 Å². The van der Waals surface area contributed by atoms with Crippen LogP contribution in [0.5, 0.6) is 0 Å². The average Bonchev–Trinajstić information content (AvgIpc) is 2.66. The van der Waals surface area contributed by atoms with Gasteiger partial charge in [-0.2, -0.15) is 0 Å². The maximum atomic E-state index is 12.2. The van der Waals surface area contributed by atoms with E-state index in [0.717, 1.165) is 58.5 Å². The van der Waals surface area contributed by atoms with Crippen LogP contribution in [0.15, 0.2) is 0 Å². The molecule has 0 spiro atoms. The van der Waals surface area contributed by atoms with Crippen LogP contribution in [-0.2, 0) is 9.53 Å². The highest BCUT2D eigenvalue weighted by molar-refractivity contribution is 5.80. The first-order valence-electron chi connectivity index (χ1n) is 7.82. The van der Waals surface area contributed by atoms with Gasteiger partial charge in [0.05, 0.1) is 7.11 Å². The van der Waals surface area contributed by atoms with Crippen molar-refractivity contribution in [1.29, 1.82) is 0 Å². The Morgan fingerprint density at radius 2 is 2.00 bits per heavy atom. The second kappa shape index (κ2) is 8.60. The first kappa shape index (κ1) is 17.4. The number of hydrogen-bond acceptors (Lipinski definition) is 5. The first-order chi connectivity index (χ1) is 9.57. The van der Waals surface area contributed by atoms with Crippen molar-refractivity contribution in [2.45, 2.75) is 38.6 Å². The molecule has 0 aliphatic carbocycles. The first-order valence-corrected chi connectivity index (χ1v) is 7.82. The summed E-state index contributed by atoms with van der Waals surface area (Å²) in [6, 6.07) is 0. The molecule has 0 aromatic heterocycles. The standard InChI is InChI=1S/C15H31N3O2/c1-5-18(6-2)13-10-16-15(14(19)20-4)8-7-11-17(3)12-9-15/h16H,5-13H2,1-4H3. The summed E-state index contributed by atoms with van der Waals surface area (Å²) in [6.07, 6.45) is 2.72. The van der Waals surface area contributed by atoms with Crippen molar-refractivity contribution in [1.82, 2.24) is 15.1 Å². The van der Waals surface area contributed by atoms with E-state index >= 15 is 0 Å². The molecule has 1 aliphatic rings. The molecule has 0 saturated carbocycles. The minimum atomic E-state index is -0.493. The van der Waals surface area contributed by atoms with Gasteiger partial charge in [0.2, 0.25) is 0 Å². The lowest BCUT2D eigenvalue weighted by atomic mass is 9.90. The van der Waals surface area contributed by atoms with E-state index in [1.807, 2.05) is 0 Å². The summed E-state index contributed by atoms with van der Waals surface area (Å²) in [5.74, 6) is -0.104. The number of carbonyl (C=O) groups excluding carboxylic acids is 1. The Hall–Kier alpha value is -0.650. The van der Waals surface area contributed by atoms with E-state index < -0.39 is 5.54 Å². The summed E-state index contributed by atoms with van der Waals surface area (Å²) in [4.78, 5) is 16.9. The molecule has 1 heterocycles. The molecule has 0 bridgehead atoms. The highest BCUT2D eigenvalue weighted by Crippen LogP contribution is 2.23. The van der Waals surface area contributed by atoms with E-state index in [-0.39, 0.29) is 5.97 Å². The van der Waals surface area contributed by atoms with Crippen LogP contribution in [0.1, 0.15) is 33.1 Å². The third-order valence-corrected chi connectivity index (χ3v) is 4.43. The number of nitrogens with zero attached hydrogens (tertiary/aromatic N) is 2. The lowest BCUT2D eigenvalue weighted by molar-refractivity contribution is -0.149. The van der Waals surface area contributed by atoms with Gasteiger partial charge in [0.1, 0.15) is 5.54 Å². The minimum absolute atomic E-state index is 0.104. The maximum Gasteiger partial charge on any atom is 0.326 e. The Morgan fingerprint density at radius 3 is 2.60 bits per heavy atom. The van der Waals surface area contributed by atoms with Crippen LogP contribution in [0.4, 0.5) is 0 Å². The SMILES string of the molecule is CCN(CC)CCNC1(C(=O)OC)CCCN(C)CC1. The number of ether oxygens (including phenoxy) is 1. The quantitative estimate of drug-likeness (QED) is 0.706. The van der Waals surface area contributed by atoms with Gasteiger partial charge in [0.25, 0.3) is 0 Å². The van der Waals surface area contributed by atoms with E-state index in [1.54, 1.807) is 0 Å². The van der Waals surface area contributed by atoms with Gasteiger partial charge >= 0.3 is 5.97 Å². The van der Waals surface area contributed by atoms with E-state index in [9.17, 15) is 4.79 Å². The molecule has 0 radical (unpaired) electrons. The number of likely N-dealkylation sites (tertiary alicyclic amines) is 1. The zero-order valence-corrected chi connectivity index (χ0v) is 13.6. The lowest BCUT2D eigenvalue weighted by Crippen LogP contribution is -2.55. The van der Waals surface area contributed by atoms with E-state index in [2.05, 4.69) is 36.0 Å². The zero-order valence-electron chi connectivity index (χ0n) is 13.6. The van der Waals surface area contributed by atoms with Crippen LogP contribution in [-0.4, -0.2) is 74.7 Å². The normalized spacial score (nSPS) is 24.6. The molecule has 5 nitrogen and oxygen atoms in total. The minimum Gasteiger partial charge on any atom is -0.468 e. The maximum absolute atomic E-state index is 12.2. The van der Waals surface area contributed by atoms with E-state index in [4.69, 9.17) is 4.74 Å². The van der Waals surface area contributed by atoms with Crippen LogP contribution in [0.25, 0.3) is 0 Å². The molecule has 1 N–H and O–H groups in total. The van der Waals surface area contributed by atoms with Gasteiger partial charge in [-0.15, -0.1) is 0 Å². The van der Waals surface area contributed by atoms with Crippen molar-refractivity contribution in [3.63, 3.8) is 0 Å². The highest BCUT2D eigenvalue weighted by atomic mass is 16.5. The summed E-state index contributed by atoms with van der Waals surface area (Å²) < 4.78 is 5.06. The molecular weight excluding hydrogens is 254 g/mol. The van der Waals surface area contributed by atoms with Gasteiger partial charge in [0, 0.05) is 19.6 Å². The second-order valence-electron chi connectivity index (χ2n) is 5.68. The van der Waals surface area contributed by atoms with Gasteiger partial charge in [-0.3, -0.25) is 4.79 Å². The van der Waals surface area contributed by atoms with Crippen LogP contribution in [0.3, 0.4) is 0 Å². The molecule has 1 atom stereocenters. The van der Waals surface area contributed by atoms with Crippen LogP contribution in [0, 0.1) is 0 Å². The Balaban J connectivity index is 2.61. The molecule has 1 unspecified atom stereocenters. The predicted octanol–water partition coefficient (Wildman–Crippen LogP) is 0.945. The average molecular weight is 285 g/mol. The van der Waals surface area contributed by atoms with Gasteiger partial charge in [-0.1, -0.05) is 13.8 Å². The summed E-state index contributed by atoms with van der Waals surface area (Å²) in [5, 5.41) is 3.50. The molecule has 0 aromatic rings. The summed E-state index contributed by atoms with van der Waals surface area (Å²) in [5.41, 5.74) is -0.493. The number of hydrogen-bond donors (Lipinski definition) is 1. The Kier molecular flexibility index (Phi) is 7.48. The fraction of sp³-hybridized carbons (Fsp3) is 0.933. The molecular formula is C15H31N3O2. The van der Waals surface area contributed by atoms with Gasteiger partial charge in [-0.25, -0.2) is 0 Å². The summed E-state index contributed by atoms with van der Waals surface area (Å²) >= 11 is 0. The van der Waals surface area contributed by atoms with Crippen molar-refractivity contribution in [3.8, 4) is 0 Å². The molecule has 0 amide bonds. The number of methoxy groups -OCH3 is 1. The number of carbonyl (C=O) groups is 1. The molecule has 1 saturated heterocycles. The molecule has 5 heteroatoms. The van der Waals surface area contributed by atoms with Crippen molar-refractivity contribution >= 4 is 5.97 Å². The fourth-order valence-electron chi connectivity index (χ4n) is 2.91. The number of esters is 1. The largest absolute Gasteiger partial charge is 0.468 e. The molecule has 1 fully saturated rings. The highest BCUT2D eigenvalue weighted by Gasteiger charge is 2.39. The molecule has 20 heavy (non-hydrogen) atoms. The number of rotatable bonds is 7.